The number of benzene rings is 1. The van der Waals surface area contributed by atoms with Gasteiger partial charge in [-0.05, 0) is 48.9 Å². The lowest BCUT2D eigenvalue weighted by atomic mass is 10.1. The first kappa shape index (κ1) is 31.3. The van der Waals surface area contributed by atoms with Crippen LogP contribution in [0.15, 0.2) is 47.6 Å². The van der Waals surface area contributed by atoms with Crippen LogP contribution < -0.4 is 23.7 Å². The Bertz CT molecular complexity index is 1550. The molecule has 3 aromatic rings. The molecule has 1 amide bonds. The Labute approximate surface area is 256 Å². The topological polar surface area (TPSA) is 151 Å². The molecule has 0 saturated carbocycles. The molecule has 0 bridgehead atoms. The predicted molar refractivity (Wildman–Crippen MR) is 160 cm³/mol. The maximum atomic E-state index is 13.6. The Balaban J connectivity index is 1.51. The van der Waals surface area contributed by atoms with Crippen molar-refractivity contribution in [3.8, 4) is 29.1 Å². The van der Waals surface area contributed by atoms with Gasteiger partial charge in [0.2, 0.25) is 11.7 Å². The van der Waals surface area contributed by atoms with E-state index in [1.165, 1.54) is 19.4 Å². The highest BCUT2D eigenvalue weighted by atomic mass is 32.2. The number of hydrogen-bond acceptors (Lipinski definition) is 11. The van der Waals surface area contributed by atoms with Crippen LogP contribution in [0.3, 0.4) is 0 Å². The van der Waals surface area contributed by atoms with E-state index in [0.29, 0.717) is 31.9 Å². The molecule has 2 saturated heterocycles. The molecule has 0 radical (unpaired) electrons. The number of hydrogen-bond donors (Lipinski definition) is 1. The van der Waals surface area contributed by atoms with Crippen LogP contribution in [-0.2, 0) is 19.6 Å². The number of pyridine rings is 1. The molecule has 2 aromatic heterocycles. The summed E-state index contributed by atoms with van der Waals surface area (Å²) in [6.45, 7) is 5.83. The van der Waals surface area contributed by atoms with E-state index in [1.54, 1.807) is 35.2 Å². The maximum absolute atomic E-state index is 13.6. The highest BCUT2D eigenvalue weighted by Crippen LogP contribution is 2.41. The molecule has 5 rings (SSSR count). The molecule has 1 unspecified atom stereocenters. The molecule has 236 valence electrons. The summed E-state index contributed by atoms with van der Waals surface area (Å²) in [4.78, 5) is 26.7. The monoisotopic (exact) mass is 627 g/mol. The lowest BCUT2D eigenvalue weighted by Gasteiger charge is -2.19. The molecule has 13 nitrogen and oxygen atoms in total. The fraction of sp³-hybridized carbons (Fsp3) is 0.467. The van der Waals surface area contributed by atoms with Gasteiger partial charge in [-0.3, -0.25) is 9.52 Å². The van der Waals surface area contributed by atoms with Gasteiger partial charge in [-0.1, -0.05) is 32.0 Å². The van der Waals surface area contributed by atoms with E-state index in [9.17, 15) is 13.2 Å². The number of likely N-dealkylation sites (tertiary alicyclic amines) is 1. The molecule has 0 spiro atoms. The lowest BCUT2D eigenvalue weighted by Crippen LogP contribution is -2.29. The van der Waals surface area contributed by atoms with Gasteiger partial charge >= 0.3 is 6.01 Å². The van der Waals surface area contributed by atoms with Crippen molar-refractivity contribution in [2.24, 2.45) is 0 Å². The molecular weight excluding hydrogens is 590 g/mol. The minimum atomic E-state index is -4.24. The van der Waals surface area contributed by atoms with Crippen LogP contribution in [0.1, 0.15) is 51.0 Å². The lowest BCUT2D eigenvalue weighted by molar-refractivity contribution is -0.128. The molecular formula is C30H37N5O8S. The van der Waals surface area contributed by atoms with E-state index in [4.69, 9.17) is 23.7 Å². The second kappa shape index (κ2) is 14.1. The summed E-state index contributed by atoms with van der Waals surface area (Å²) in [5, 5.41) is -0.208. The van der Waals surface area contributed by atoms with Crippen molar-refractivity contribution in [3.63, 3.8) is 0 Å². The Morgan fingerprint density at radius 2 is 1.91 bits per heavy atom. The van der Waals surface area contributed by atoms with Crippen LogP contribution in [0.2, 0.25) is 0 Å². The van der Waals surface area contributed by atoms with Crippen LogP contribution >= 0.6 is 0 Å². The average molecular weight is 628 g/mol. The smallest absolute Gasteiger partial charge is 0.322 e. The van der Waals surface area contributed by atoms with E-state index >= 15 is 0 Å². The quantitative estimate of drug-likeness (QED) is 0.274. The Morgan fingerprint density at radius 1 is 1.09 bits per heavy atom. The third kappa shape index (κ3) is 7.66. The van der Waals surface area contributed by atoms with Crippen molar-refractivity contribution in [3.05, 3.63) is 48.2 Å². The van der Waals surface area contributed by atoms with E-state index in [0.717, 1.165) is 24.8 Å². The number of aromatic nitrogens is 3. The van der Waals surface area contributed by atoms with Crippen molar-refractivity contribution in [2.75, 3.05) is 44.7 Å². The molecule has 14 heteroatoms. The number of ether oxygens (including phenoxy) is 5. The zero-order valence-electron chi connectivity index (χ0n) is 25.0. The summed E-state index contributed by atoms with van der Waals surface area (Å²) in [6, 6.07) is 9.85. The van der Waals surface area contributed by atoms with Crippen LogP contribution in [0.25, 0.3) is 0 Å². The predicted octanol–water partition coefficient (Wildman–Crippen LogP) is 4.16. The Hall–Kier alpha value is -4.17. The zero-order chi connectivity index (χ0) is 31.1. The number of amides is 1. The number of para-hydroxylation sites is 2. The second-order valence-electron chi connectivity index (χ2n) is 10.7. The number of carbonyl (C=O) groups is 1. The first-order chi connectivity index (χ1) is 21.2. The van der Waals surface area contributed by atoms with Crippen molar-refractivity contribution in [1.82, 2.24) is 19.9 Å². The van der Waals surface area contributed by atoms with Gasteiger partial charge in [-0.2, -0.15) is 18.4 Å². The minimum Gasteiger partial charge on any atom is -0.493 e. The molecule has 1 N–H and O–H groups in total. The molecule has 1 atom stereocenters. The van der Waals surface area contributed by atoms with Crippen LogP contribution in [0, 0.1) is 0 Å². The van der Waals surface area contributed by atoms with Crippen LogP contribution in [0.5, 0.6) is 29.1 Å². The molecule has 2 aliphatic heterocycles. The molecule has 0 aliphatic carbocycles. The molecule has 1 aromatic carbocycles. The van der Waals surface area contributed by atoms with Gasteiger partial charge in [0.15, 0.2) is 22.3 Å². The average Bonchev–Trinajstić information content (AvgIpc) is 3.69. The molecule has 44 heavy (non-hydrogen) atoms. The first-order valence-corrected chi connectivity index (χ1v) is 16.1. The SMILES string of the molecule is COc1ccccc1Oc1c(NS(=O)(=O)c2ccc(C(C)C)cn2)nc(OCCN2CCCC2=O)nc1OCC1CCCO1. The Morgan fingerprint density at radius 3 is 2.57 bits per heavy atom. The highest BCUT2D eigenvalue weighted by molar-refractivity contribution is 7.92. The van der Waals surface area contributed by atoms with Crippen molar-refractivity contribution >= 4 is 21.7 Å². The van der Waals surface area contributed by atoms with Crippen LogP contribution in [-0.4, -0.2) is 80.3 Å². The van der Waals surface area contributed by atoms with Crippen molar-refractivity contribution in [1.29, 1.82) is 0 Å². The largest absolute Gasteiger partial charge is 0.493 e. The van der Waals surface area contributed by atoms with Gasteiger partial charge in [0.25, 0.3) is 15.9 Å². The number of rotatable bonds is 14. The third-order valence-corrected chi connectivity index (χ3v) is 8.48. The van der Waals surface area contributed by atoms with Crippen LogP contribution in [0.4, 0.5) is 5.82 Å². The molecule has 2 aliphatic rings. The number of methoxy groups -OCH3 is 1. The van der Waals surface area contributed by atoms with E-state index in [1.807, 2.05) is 13.8 Å². The van der Waals surface area contributed by atoms with Gasteiger partial charge in [0.05, 0.1) is 19.8 Å². The summed E-state index contributed by atoms with van der Waals surface area (Å²) >= 11 is 0. The number of anilines is 1. The van der Waals surface area contributed by atoms with Crippen molar-refractivity contribution < 1.29 is 36.9 Å². The van der Waals surface area contributed by atoms with E-state index in [2.05, 4.69) is 19.7 Å². The standard InChI is InChI=1S/C30H37N5O8S/c1-20(2)21-12-13-25(31-18-21)44(37,38)34-28-27(43-24-10-5-4-9-23(24)39-3)29(42-19-22-8-7-16-40-22)33-30(32-28)41-17-15-35-14-6-11-26(35)36/h4-5,9-10,12-13,18,20,22H,6-8,11,14-17,19H2,1-3H3,(H,32,33,34). The number of sulfonamides is 1. The first-order valence-electron chi connectivity index (χ1n) is 14.6. The number of nitrogens with one attached hydrogen (secondary N) is 1. The van der Waals surface area contributed by atoms with Gasteiger partial charge < -0.3 is 28.6 Å². The fourth-order valence-corrected chi connectivity index (χ4v) is 5.69. The van der Waals surface area contributed by atoms with Crippen molar-refractivity contribution in [2.45, 2.75) is 56.6 Å². The molecule has 4 heterocycles. The summed E-state index contributed by atoms with van der Waals surface area (Å²) in [5.74, 6) is 0.519. The summed E-state index contributed by atoms with van der Waals surface area (Å²) in [5.41, 5.74) is 0.892. The Kier molecular flexibility index (Phi) is 10.0. The zero-order valence-corrected chi connectivity index (χ0v) is 25.8. The van der Waals surface area contributed by atoms with E-state index < -0.39 is 10.0 Å². The van der Waals surface area contributed by atoms with Gasteiger partial charge in [0, 0.05) is 25.8 Å². The minimum absolute atomic E-state index is 0.0556. The highest BCUT2D eigenvalue weighted by Gasteiger charge is 2.28. The number of nitrogens with zero attached hydrogens (tertiary/aromatic N) is 4. The fourth-order valence-electron chi connectivity index (χ4n) is 4.75. The normalized spacial score (nSPS) is 16.8. The summed E-state index contributed by atoms with van der Waals surface area (Å²) < 4.78 is 58.9. The summed E-state index contributed by atoms with van der Waals surface area (Å²) in [6.07, 6.45) is 4.36. The number of carbonyl (C=O) groups excluding carboxylic acids is 1. The van der Waals surface area contributed by atoms with Gasteiger partial charge in [-0.15, -0.1) is 0 Å². The van der Waals surface area contributed by atoms with Gasteiger partial charge in [0.1, 0.15) is 13.2 Å². The molecule has 2 fully saturated rings. The summed E-state index contributed by atoms with van der Waals surface area (Å²) in [7, 11) is -2.75. The van der Waals surface area contributed by atoms with E-state index in [-0.39, 0.29) is 65.4 Å². The second-order valence-corrected chi connectivity index (χ2v) is 12.3. The maximum Gasteiger partial charge on any atom is 0.322 e. The third-order valence-electron chi connectivity index (χ3n) is 7.22. The van der Waals surface area contributed by atoms with Gasteiger partial charge in [-0.25, -0.2) is 4.98 Å².